The van der Waals surface area contributed by atoms with E-state index in [0.29, 0.717) is 6.54 Å². The minimum Gasteiger partial charge on any atom is -0.448 e. The number of nitriles is 1. The van der Waals surface area contributed by atoms with E-state index in [0.717, 1.165) is 19.3 Å². The molecule has 0 aliphatic carbocycles. The van der Waals surface area contributed by atoms with Crippen molar-refractivity contribution in [3.8, 4) is 6.07 Å². The van der Waals surface area contributed by atoms with Crippen LogP contribution in [-0.2, 0) is 11.2 Å². The zero-order valence-electron chi connectivity index (χ0n) is 12.7. The van der Waals surface area contributed by atoms with Crippen LogP contribution in [0.2, 0.25) is 0 Å². The predicted octanol–water partition coefficient (Wildman–Crippen LogP) is 3.76. The summed E-state index contributed by atoms with van der Waals surface area (Å²) < 4.78 is 4.76. The highest BCUT2D eigenvalue weighted by Crippen LogP contribution is 2.04. The Morgan fingerprint density at radius 3 is 2.77 bits per heavy atom. The van der Waals surface area contributed by atoms with Crippen molar-refractivity contribution in [3.05, 3.63) is 60.2 Å². The Labute approximate surface area is 132 Å². The van der Waals surface area contributed by atoms with Crippen LogP contribution in [0.5, 0.6) is 0 Å². The van der Waals surface area contributed by atoms with Crippen molar-refractivity contribution in [2.24, 2.45) is 0 Å². The summed E-state index contributed by atoms with van der Waals surface area (Å²) >= 11 is 0. The van der Waals surface area contributed by atoms with Gasteiger partial charge in [-0.2, -0.15) is 5.26 Å². The molecule has 0 radical (unpaired) electrons. The Bertz CT molecular complexity index is 516. The molecule has 0 saturated heterocycles. The van der Waals surface area contributed by atoms with Gasteiger partial charge >= 0.3 is 6.09 Å². The van der Waals surface area contributed by atoms with Crippen LogP contribution in [-0.4, -0.2) is 19.2 Å². The first-order valence-corrected chi connectivity index (χ1v) is 7.46. The van der Waals surface area contributed by atoms with Gasteiger partial charge in [-0.1, -0.05) is 54.6 Å². The molecule has 0 saturated carbocycles. The highest BCUT2D eigenvalue weighted by atomic mass is 16.5. The van der Waals surface area contributed by atoms with Gasteiger partial charge in [0.05, 0.1) is 12.5 Å². The lowest BCUT2D eigenvalue weighted by Gasteiger charge is -2.01. The first-order valence-electron chi connectivity index (χ1n) is 7.46. The largest absolute Gasteiger partial charge is 0.448 e. The molecule has 1 N–H and O–H groups in total. The van der Waals surface area contributed by atoms with Crippen LogP contribution in [0.4, 0.5) is 4.79 Å². The van der Waals surface area contributed by atoms with Gasteiger partial charge in [0.15, 0.2) is 0 Å². The standard InChI is InChI=1S/C18H22N2O2/c19-14-10-16-22-18(21)20-15-9-4-2-1-3-6-11-17-12-7-5-8-13-17/h1-2,4-5,7-9,12-13H,3,6,10-11,15-16H2,(H,20,21)/b2-1+,9-4+. The first kappa shape index (κ1) is 17.5. The topological polar surface area (TPSA) is 62.1 Å². The average Bonchev–Trinajstić information content (AvgIpc) is 2.54. The van der Waals surface area contributed by atoms with Gasteiger partial charge in [-0.05, 0) is 24.8 Å². The number of nitrogens with one attached hydrogen (secondary N) is 1. The number of nitrogens with zero attached hydrogens (tertiary/aromatic N) is 1. The third-order valence-electron chi connectivity index (χ3n) is 2.87. The first-order chi connectivity index (χ1) is 10.8. The number of alkyl carbamates (subject to hydrolysis) is 1. The van der Waals surface area contributed by atoms with E-state index in [4.69, 9.17) is 10.00 Å². The fourth-order valence-electron chi connectivity index (χ4n) is 1.77. The van der Waals surface area contributed by atoms with E-state index >= 15 is 0 Å². The number of amides is 1. The Morgan fingerprint density at radius 2 is 2.00 bits per heavy atom. The third-order valence-corrected chi connectivity index (χ3v) is 2.87. The van der Waals surface area contributed by atoms with Gasteiger partial charge < -0.3 is 10.1 Å². The molecule has 1 amide bonds. The van der Waals surface area contributed by atoms with Crippen molar-refractivity contribution in [2.45, 2.75) is 25.7 Å². The number of carbonyl (C=O) groups excluding carboxylic acids is 1. The minimum absolute atomic E-state index is 0.132. The number of aryl methyl sites for hydroxylation is 1. The maximum atomic E-state index is 11.1. The number of allylic oxidation sites excluding steroid dienone is 3. The second-order valence-electron chi connectivity index (χ2n) is 4.66. The summed E-state index contributed by atoms with van der Waals surface area (Å²) in [7, 11) is 0. The van der Waals surface area contributed by atoms with E-state index in [-0.39, 0.29) is 13.0 Å². The maximum Gasteiger partial charge on any atom is 0.407 e. The number of carbonyl (C=O) groups is 1. The summed E-state index contributed by atoms with van der Waals surface area (Å²) in [5, 5.41) is 10.9. The summed E-state index contributed by atoms with van der Waals surface area (Å²) in [6.07, 6.45) is 10.8. The molecule has 0 bridgehead atoms. The molecule has 0 atom stereocenters. The van der Waals surface area contributed by atoms with Gasteiger partial charge in [0.1, 0.15) is 6.61 Å². The molecule has 1 rings (SSSR count). The molecular formula is C18H22N2O2. The highest BCUT2D eigenvalue weighted by molar-refractivity contribution is 5.67. The quantitative estimate of drug-likeness (QED) is 0.557. The van der Waals surface area contributed by atoms with Gasteiger partial charge in [-0.25, -0.2) is 4.79 Å². The van der Waals surface area contributed by atoms with Crippen molar-refractivity contribution in [2.75, 3.05) is 13.2 Å². The number of hydrogen-bond acceptors (Lipinski definition) is 3. The van der Waals surface area contributed by atoms with Gasteiger partial charge in [-0.3, -0.25) is 0 Å². The predicted molar refractivity (Wildman–Crippen MR) is 87.2 cm³/mol. The summed E-state index contributed by atoms with van der Waals surface area (Å²) in [5.41, 5.74) is 1.37. The van der Waals surface area contributed by atoms with Crippen molar-refractivity contribution >= 4 is 6.09 Å². The number of rotatable bonds is 9. The molecule has 22 heavy (non-hydrogen) atoms. The van der Waals surface area contributed by atoms with E-state index in [2.05, 4.69) is 35.7 Å². The molecule has 0 unspecified atom stereocenters. The Morgan fingerprint density at radius 1 is 1.23 bits per heavy atom. The molecule has 0 aromatic heterocycles. The second kappa shape index (κ2) is 12.2. The number of unbranched alkanes of at least 4 members (excludes halogenated alkanes) is 1. The van der Waals surface area contributed by atoms with Crippen LogP contribution >= 0.6 is 0 Å². The van der Waals surface area contributed by atoms with Gasteiger partial charge in [-0.15, -0.1) is 0 Å². The summed E-state index contributed by atoms with van der Waals surface area (Å²) in [6.45, 7) is 0.549. The minimum atomic E-state index is -0.494. The number of benzene rings is 1. The molecule has 0 heterocycles. The van der Waals surface area contributed by atoms with Gasteiger partial charge in [0, 0.05) is 6.54 Å². The van der Waals surface area contributed by atoms with Gasteiger partial charge in [0.25, 0.3) is 0 Å². The lowest BCUT2D eigenvalue weighted by molar-refractivity contribution is 0.150. The van der Waals surface area contributed by atoms with E-state index in [1.807, 2.05) is 30.4 Å². The Kier molecular flexibility index (Phi) is 9.73. The Hall–Kier alpha value is -2.54. The van der Waals surface area contributed by atoms with Gasteiger partial charge in [0.2, 0.25) is 0 Å². The molecule has 4 nitrogen and oxygen atoms in total. The fourth-order valence-corrected chi connectivity index (χ4v) is 1.77. The van der Waals surface area contributed by atoms with Crippen molar-refractivity contribution in [1.29, 1.82) is 5.26 Å². The monoisotopic (exact) mass is 298 g/mol. The zero-order valence-corrected chi connectivity index (χ0v) is 12.7. The van der Waals surface area contributed by atoms with Crippen LogP contribution in [0.1, 0.15) is 24.8 Å². The van der Waals surface area contributed by atoms with Crippen LogP contribution < -0.4 is 5.32 Å². The molecule has 4 heteroatoms. The smallest absolute Gasteiger partial charge is 0.407 e. The lowest BCUT2D eigenvalue weighted by Crippen LogP contribution is -2.24. The number of ether oxygens (including phenoxy) is 1. The summed E-state index contributed by atoms with van der Waals surface area (Å²) in [6, 6.07) is 12.3. The molecule has 0 fully saturated rings. The van der Waals surface area contributed by atoms with E-state index in [1.165, 1.54) is 5.56 Å². The highest BCUT2D eigenvalue weighted by Gasteiger charge is 1.97. The molecule has 116 valence electrons. The van der Waals surface area contributed by atoms with E-state index in [1.54, 1.807) is 0 Å². The SMILES string of the molecule is N#CCCOC(=O)NC/C=C/C=C/CCCc1ccccc1. The van der Waals surface area contributed by atoms with Crippen LogP contribution in [0, 0.1) is 11.3 Å². The Balaban J connectivity index is 2.01. The summed E-state index contributed by atoms with van der Waals surface area (Å²) in [4.78, 5) is 11.1. The number of hydrogen-bond donors (Lipinski definition) is 1. The zero-order chi connectivity index (χ0) is 15.9. The van der Waals surface area contributed by atoms with Crippen molar-refractivity contribution in [3.63, 3.8) is 0 Å². The van der Waals surface area contributed by atoms with Crippen molar-refractivity contribution in [1.82, 2.24) is 5.32 Å². The van der Waals surface area contributed by atoms with Crippen LogP contribution in [0.3, 0.4) is 0 Å². The van der Waals surface area contributed by atoms with Crippen LogP contribution in [0.15, 0.2) is 54.6 Å². The van der Waals surface area contributed by atoms with Crippen LogP contribution in [0.25, 0.3) is 0 Å². The third kappa shape index (κ3) is 9.38. The average molecular weight is 298 g/mol. The molecule has 1 aromatic rings. The normalized spacial score (nSPS) is 10.7. The molecule has 0 aliphatic rings. The van der Waals surface area contributed by atoms with E-state index in [9.17, 15) is 4.79 Å². The molecule has 0 spiro atoms. The fraction of sp³-hybridized carbons (Fsp3) is 0.333. The lowest BCUT2D eigenvalue weighted by atomic mass is 10.1. The maximum absolute atomic E-state index is 11.1. The molecule has 1 aromatic carbocycles. The summed E-state index contributed by atoms with van der Waals surface area (Å²) in [5.74, 6) is 0. The molecule has 0 aliphatic heterocycles. The molecular weight excluding hydrogens is 276 g/mol. The van der Waals surface area contributed by atoms with Crippen molar-refractivity contribution < 1.29 is 9.53 Å². The second-order valence-corrected chi connectivity index (χ2v) is 4.66. The van der Waals surface area contributed by atoms with E-state index < -0.39 is 6.09 Å².